The van der Waals surface area contributed by atoms with Crippen LogP contribution in [0.2, 0.25) is 0 Å². The molecule has 8 heteroatoms. The summed E-state index contributed by atoms with van der Waals surface area (Å²) in [6.45, 7) is 2.25. The molecule has 1 fully saturated rings. The number of aromatic nitrogens is 1. The van der Waals surface area contributed by atoms with Crippen LogP contribution in [0.1, 0.15) is 17.2 Å². The second-order valence-corrected chi connectivity index (χ2v) is 7.46. The molecule has 1 N–H and O–H groups in total. The Kier molecular flexibility index (Phi) is 6.19. The molecule has 1 atom stereocenters. The van der Waals surface area contributed by atoms with Crippen LogP contribution in [-0.4, -0.2) is 53.1 Å². The maximum absolute atomic E-state index is 9.61. The first-order chi connectivity index (χ1) is 15.6. The van der Waals surface area contributed by atoms with E-state index in [9.17, 15) is 5.26 Å². The van der Waals surface area contributed by atoms with Crippen LogP contribution in [0.3, 0.4) is 0 Å². The van der Waals surface area contributed by atoms with Crippen LogP contribution in [0.4, 0.5) is 5.82 Å². The van der Waals surface area contributed by atoms with Crippen molar-refractivity contribution in [1.82, 2.24) is 10.3 Å². The zero-order chi connectivity index (χ0) is 22.7. The molecule has 166 valence electrons. The first-order valence-corrected chi connectivity index (χ1v) is 10.3. The van der Waals surface area contributed by atoms with Gasteiger partial charge in [-0.3, -0.25) is 0 Å². The molecule has 2 aromatic carbocycles. The van der Waals surface area contributed by atoms with Crippen LogP contribution in [0.15, 0.2) is 36.5 Å². The summed E-state index contributed by atoms with van der Waals surface area (Å²) in [5, 5.41) is 14.8. The van der Waals surface area contributed by atoms with Crippen molar-refractivity contribution in [3.63, 3.8) is 0 Å². The number of benzene rings is 2. The number of piperazine rings is 1. The Bertz CT molecular complexity index is 1150. The van der Waals surface area contributed by atoms with E-state index in [2.05, 4.69) is 21.3 Å². The summed E-state index contributed by atoms with van der Waals surface area (Å²) in [5.74, 6) is 3.48. The summed E-state index contributed by atoms with van der Waals surface area (Å²) < 4.78 is 21.8. The Hall–Kier alpha value is -3.70. The van der Waals surface area contributed by atoms with Gasteiger partial charge in [-0.25, -0.2) is 4.98 Å². The quantitative estimate of drug-likeness (QED) is 0.632. The van der Waals surface area contributed by atoms with E-state index in [0.29, 0.717) is 23.6 Å². The predicted octanol–water partition coefficient (Wildman–Crippen LogP) is 3.29. The second kappa shape index (κ2) is 9.20. The maximum Gasteiger partial charge on any atom is 0.161 e. The molecule has 0 aliphatic carbocycles. The molecule has 8 nitrogen and oxygen atoms in total. The lowest BCUT2D eigenvalue weighted by Gasteiger charge is -2.35. The topological polar surface area (TPSA) is 88.9 Å². The van der Waals surface area contributed by atoms with Crippen LogP contribution in [0.25, 0.3) is 10.8 Å². The van der Waals surface area contributed by atoms with E-state index in [4.69, 9.17) is 18.9 Å². The molecule has 1 saturated heterocycles. The predicted molar refractivity (Wildman–Crippen MR) is 122 cm³/mol. The smallest absolute Gasteiger partial charge is 0.161 e. The summed E-state index contributed by atoms with van der Waals surface area (Å²) in [5.41, 5.74) is 1.57. The van der Waals surface area contributed by atoms with Crippen molar-refractivity contribution >= 4 is 16.6 Å². The number of hydrogen-bond donors (Lipinski definition) is 1. The summed E-state index contributed by atoms with van der Waals surface area (Å²) in [6, 6.07) is 11.9. The Morgan fingerprint density at radius 1 is 0.938 bits per heavy atom. The van der Waals surface area contributed by atoms with E-state index in [1.54, 1.807) is 34.6 Å². The minimum atomic E-state index is 0.0559. The van der Waals surface area contributed by atoms with Crippen molar-refractivity contribution in [3.05, 3.63) is 47.7 Å². The number of anilines is 1. The van der Waals surface area contributed by atoms with Gasteiger partial charge < -0.3 is 29.2 Å². The Morgan fingerprint density at radius 3 is 2.19 bits per heavy atom. The normalized spacial score (nSPS) is 15.8. The molecular formula is C24H26N4O4. The van der Waals surface area contributed by atoms with Gasteiger partial charge in [-0.2, -0.15) is 5.26 Å². The number of nitrogens with zero attached hydrogens (tertiary/aromatic N) is 3. The van der Waals surface area contributed by atoms with Crippen molar-refractivity contribution in [1.29, 1.82) is 5.26 Å². The van der Waals surface area contributed by atoms with Crippen molar-refractivity contribution in [2.45, 2.75) is 6.04 Å². The van der Waals surface area contributed by atoms with Gasteiger partial charge in [0, 0.05) is 42.7 Å². The van der Waals surface area contributed by atoms with E-state index in [1.807, 2.05) is 30.3 Å². The van der Waals surface area contributed by atoms with Gasteiger partial charge in [-0.05, 0) is 29.8 Å². The fraction of sp³-hybridized carbons (Fsp3) is 0.333. The van der Waals surface area contributed by atoms with Gasteiger partial charge in [0.05, 0.1) is 40.0 Å². The van der Waals surface area contributed by atoms with Crippen molar-refractivity contribution < 1.29 is 18.9 Å². The summed E-state index contributed by atoms with van der Waals surface area (Å²) >= 11 is 0. The standard InChI is InChI=1S/C24H26N4O4/c1-29-17-7-15(8-18(9-17)30-2)21-14-28(6-5-26-21)24-20-11-23(32-4)22(31-3)10-19(20)16(12-25)13-27-24/h7-11,13,21,26H,5-6,14H2,1-4H3. The minimum Gasteiger partial charge on any atom is -0.497 e. The zero-order valence-electron chi connectivity index (χ0n) is 18.6. The Morgan fingerprint density at radius 2 is 1.59 bits per heavy atom. The lowest BCUT2D eigenvalue weighted by Crippen LogP contribution is -2.46. The van der Waals surface area contributed by atoms with Crippen molar-refractivity contribution in [3.8, 4) is 29.1 Å². The van der Waals surface area contributed by atoms with Crippen LogP contribution in [-0.2, 0) is 0 Å². The number of rotatable bonds is 6. The van der Waals surface area contributed by atoms with Gasteiger partial charge in [0.1, 0.15) is 23.4 Å². The van der Waals surface area contributed by atoms with Gasteiger partial charge in [0.15, 0.2) is 11.5 Å². The van der Waals surface area contributed by atoms with Crippen molar-refractivity contribution in [2.24, 2.45) is 0 Å². The highest BCUT2D eigenvalue weighted by Crippen LogP contribution is 2.38. The van der Waals surface area contributed by atoms with E-state index >= 15 is 0 Å². The second-order valence-electron chi connectivity index (χ2n) is 7.46. The molecule has 1 aliphatic rings. The molecule has 0 spiro atoms. The fourth-order valence-corrected chi connectivity index (χ4v) is 4.09. The molecule has 3 aromatic rings. The third-order valence-corrected chi connectivity index (χ3v) is 5.74. The summed E-state index contributed by atoms with van der Waals surface area (Å²) in [6.07, 6.45) is 1.62. The first kappa shape index (κ1) is 21.5. The van der Waals surface area contributed by atoms with Crippen LogP contribution < -0.4 is 29.2 Å². The van der Waals surface area contributed by atoms with Gasteiger partial charge in [-0.15, -0.1) is 0 Å². The molecule has 1 aromatic heterocycles. The average Bonchev–Trinajstić information content (AvgIpc) is 2.86. The number of methoxy groups -OCH3 is 4. The number of nitrogens with one attached hydrogen (secondary N) is 1. The van der Waals surface area contributed by atoms with E-state index in [1.165, 1.54) is 0 Å². The molecule has 1 aliphatic heterocycles. The van der Waals surface area contributed by atoms with Crippen LogP contribution >= 0.6 is 0 Å². The van der Waals surface area contributed by atoms with Gasteiger partial charge in [0.25, 0.3) is 0 Å². The first-order valence-electron chi connectivity index (χ1n) is 10.3. The number of hydrogen-bond acceptors (Lipinski definition) is 8. The van der Waals surface area contributed by atoms with E-state index < -0.39 is 0 Å². The molecule has 4 rings (SSSR count). The molecule has 2 heterocycles. The third kappa shape index (κ3) is 3.95. The Labute approximate surface area is 187 Å². The molecule has 32 heavy (non-hydrogen) atoms. The van der Waals surface area contributed by atoms with Gasteiger partial charge >= 0.3 is 0 Å². The van der Waals surface area contributed by atoms with Gasteiger partial charge in [-0.1, -0.05) is 0 Å². The van der Waals surface area contributed by atoms with Crippen molar-refractivity contribution in [2.75, 3.05) is 53.0 Å². The van der Waals surface area contributed by atoms with E-state index in [0.717, 1.165) is 46.7 Å². The number of pyridine rings is 1. The molecule has 0 bridgehead atoms. The lowest BCUT2D eigenvalue weighted by atomic mass is 10.0. The Balaban J connectivity index is 1.75. The fourth-order valence-electron chi connectivity index (χ4n) is 4.09. The number of fused-ring (bicyclic) bond motifs is 1. The average molecular weight is 434 g/mol. The van der Waals surface area contributed by atoms with E-state index in [-0.39, 0.29) is 6.04 Å². The SMILES string of the molecule is COc1cc(OC)cc(C2CN(c3ncc(C#N)c4cc(OC)c(OC)cc34)CCN2)c1. The lowest BCUT2D eigenvalue weighted by molar-refractivity contribution is 0.356. The number of nitriles is 1. The summed E-state index contributed by atoms with van der Waals surface area (Å²) in [7, 11) is 6.48. The molecule has 0 amide bonds. The van der Waals surface area contributed by atoms with Crippen LogP contribution in [0, 0.1) is 11.3 Å². The van der Waals surface area contributed by atoms with Gasteiger partial charge in [0.2, 0.25) is 0 Å². The summed E-state index contributed by atoms with van der Waals surface area (Å²) in [4.78, 5) is 6.88. The maximum atomic E-state index is 9.61. The molecule has 1 unspecified atom stereocenters. The highest BCUT2D eigenvalue weighted by molar-refractivity contribution is 5.98. The highest BCUT2D eigenvalue weighted by Gasteiger charge is 2.25. The molecule has 0 saturated carbocycles. The third-order valence-electron chi connectivity index (χ3n) is 5.74. The molecular weight excluding hydrogens is 408 g/mol. The minimum absolute atomic E-state index is 0.0559. The monoisotopic (exact) mass is 434 g/mol. The van der Waals surface area contributed by atoms with Crippen LogP contribution in [0.5, 0.6) is 23.0 Å². The zero-order valence-corrected chi connectivity index (χ0v) is 18.6. The number of ether oxygens (including phenoxy) is 4. The molecule has 0 radical (unpaired) electrons. The largest absolute Gasteiger partial charge is 0.497 e. The highest BCUT2D eigenvalue weighted by atomic mass is 16.5.